The van der Waals surface area contributed by atoms with Crippen LogP contribution in [0, 0.1) is 5.92 Å². The number of hydrogen-bond acceptors (Lipinski definition) is 3. The number of carbonyl (C=O) groups excluding carboxylic acids is 1. The first-order chi connectivity index (χ1) is 11.2. The molecule has 3 nitrogen and oxygen atoms in total. The molecule has 23 heavy (non-hydrogen) atoms. The fraction of sp³-hybridized carbons (Fsp3) is 0.500. The summed E-state index contributed by atoms with van der Waals surface area (Å²) in [5.41, 5.74) is 2.33. The molecular formula is C18H21FINO2. The topological polar surface area (TPSA) is 38.3 Å². The van der Waals surface area contributed by atoms with Crippen molar-refractivity contribution in [1.82, 2.24) is 5.32 Å². The Morgan fingerprint density at radius 2 is 2.13 bits per heavy atom. The van der Waals surface area contributed by atoms with E-state index in [4.69, 9.17) is 4.74 Å². The Morgan fingerprint density at radius 1 is 1.35 bits per heavy atom. The van der Waals surface area contributed by atoms with Crippen LogP contribution in [0.25, 0.3) is 6.08 Å². The fourth-order valence-corrected chi connectivity index (χ4v) is 4.30. The smallest absolute Gasteiger partial charge is 0.311 e. The van der Waals surface area contributed by atoms with Crippen LogP contribution in [0.5, 0.6) is 0 Å². The van der Waals surface area contributed by atoms with E-state index in [0.29, 0.717) is 6.04 Å². The van der Waals surface area contributed by atoms with E-state index in [9.17, 15) is 9.18 Å². The molecule has 0 radical (unpaired) electrons. The Kier molecular flexibility index (Phi) is 5.69. The summed E-state index contributed by atoms with van der Waals surface area (Å²) in [6.07, 6.45) is 5.08. The number of alkyl halides is 1. The number of hydrogen-bond donors (Lipinski definition) is 1. The van der Waals surface area contributed by atoms with Gasteiger partial charge in [-0.05, 0) is 40.5 Å². The molecule has 0 unspecified atom stereocenters. The predicted octanol–water partition coefficient (Wildman–Crippen LogP) is 3.83. The average Bonchev–Trinajstić information content (AvgIpc) is 2.94. The summed E-state index contributed by atoms with van der Waals surface area (Å²) in [5, 5.41) is 3.52. The molecule has 2 aliphatic heterocycles. The summed E-state index contributed by atoms with van der Waals surface area (Å²) in [5.74, 6) is -0.327. The molecule has 2 heterocycles. The molecule has 1 aromatic carbocycles. The zero-order valence-corrected chi connectivity index (χ0v) is 15.0. The van der Waals surface area contributed by atoms with Gasteiger partial charge in [-0.25, -0.2) is 4.39 Å². The summed E-state index contributed by atoms with van der Waals surface area (Å²) in [7, 11) is 0. The van der Waals surface area contributed by atoms with Gasteiger partial charge >= 0.3 is 5.97 Å². The number of nitrogens with one attached hydrogen (secondary N) is 1. The summed E-state index contributed by atoms with van der Waals surface area (Å²) < 4.78 is 19.5. The number of ether oxygens (including phenoxy) is 1. The van der Waals surface area contributed by atoms with Crippen LogP contribution in [0.4, 0.5) is 4.39 Å². The van der Waals surface area contributed by atoms with Crippen LogP contribution >= 0.6 is 22.6 Å². The largest absolute Gasteiger partial charge is 0.463 e. The molecule has 5 heteroatoms. The normalized spacial score (nSPS) is 29.8. The van der Waals surface area contributed by atoms with Gasteiger partial charge in [-0.3, -0.25) is 4.79 Å². The van der Waals surface area contributed by atoms with Gasteiger partial charge in [0.2, 0.25) is 0 Å². The van der Waals surface area contributed by atoms with Crippen LogP contribution < -0.4 is 5.32 Å². The van der Waals surface area contributed by atoms with Gasteiger partial charge in [0.1, 0.15) is 13.3 Å². The lowest BCUT2D eigenvalue weighted by atomic mass is 9.77. The van der Waals surface area contributed by atoms with Crippen LogP contribution in [0.1, 0.15) is 36.3 Å². The molecule has 0 spiro atoms. The second kappa shape index (κ2) is 7.75. The van der Waals surface area contributed by atoms with Crippen molar-refractivity contribution >= 4 is 34.6 Å². The first kappa shape index (κ1) is 16.9. The molecule has 2 fully saturated rings. The van der Waals surface area contributed by atoms with Crippen LogP contribution in [0.15, 0.2) is 28.3 Å². The van der Waals surface area contributed by atoms with Gasteiger partial charge in [-0.2, -0.15) is 0 Å². The highest BCUT2D eigenvalue weighted by Crippen LogP contribution is 2.42. The van der Waals surface area contributed by atoms with E-state index in [1.54, 1.807) is 0 Å². The highest BCUT2D eigenvalue weighted by Gasteiger charge is 2.46. The number of piperidine rings is 1. The second-order valence-electron chi connectivity index (χ2n) is 6.23. The van der Waals surface area contributed by atoms with E-state index >= 15 is 0 Å². The van der Waals surface area contributed by atoms with Gasteiger partial charge in [0, 0.05) is 18.0 Å². The minimum Gasteiger partial charge on any atom is -0.463 e. The maximum atomic E-state index is 12.5. The van der Waals surface area contributed by atoms with Crippen molar-refractivity contribution in [1.29, 1.82) is 0 Å². The van der Waals surface area contributed by atoms with Crippen LogP contribution in [-0.4, -0.2) is 31.3 Å². The number of carbonyl (C=O) groups is 1. The number of benzene rings is 1. The highest BCUT2D eigenvalue weighted by molar-refractivity contribution is 14.1. The van der Waals surface area contributed by atoms with E-state index in [0.717, 1.165) is 24.8 Å². The van der Waals surface area contributed by atoms with Crippen molar-refractivity contribution < 1.29 is 13.9 Å². The van der Waals surface area contributed by atoms with E-state index in [-0.39, 0.29) is 30.5 Å². The first-order valence-electron chi connectivity index (χ1n) is 8.08. The van der Waals surface area contributed by atoms with E-state index < -0.39 is 6.67 Å². The van der Waals surface area contributed by atoms with Crippen LogP contribution in [0.3, 0.4) is 0 Å². The SMILES string of the molecule is O=C(OCCF)[C@H]1[C@@H](c2ccc(/C=C\[123I])cc2)C[C@@H]2CC[C@H]1N2. The maximum absolute atomic E-state index is 12.5. The summed E-state index contributed by atoms with van der Waals surface area (Å²) >= 11 is 2.20. The highest BCUT2D eigenvalue weighted by atomic mass is 123. The lowest BCUT2D eigenvalue weighted by Gasteiger charge is -2.36. The Morgan fingerprint density at radius 3 is 2.83 bits per heavy atom. The molecule has 1 N–H and O–H groups in total. The minimum atomic E-state index is -0.624. The molecule has 3 rings (SSSR count). The van der Waals surface area contributed by atoms with E-state index in [1.807, 2.05) is 10.2 Å². The number of halogens is 2. The second-order valence-corrected chi connectivity index (χ2v) is 6.95. The molecule has 0 saturated carbocycles. The minimum absolute atomic E-state index is 0.141. The van der Waals surface area contributed by atoms with Crippen molar-refractivity contribution in [3.05, 3.63) is 39.5 Å². The molecule has 2 saturated heterocycles. The summed E-state index contributed by atoms with van der Waals surface area (Å²) in [6.45, 7) is -0.765. The molecular weight excluding hydrogens is 404 g/mol. The Hall–Kier alpha value is -0.950. The predicted molar refractivity (Wildman–Crippen MR) is 97.2 cm³/mol. The molecule has 2 aliphatic rings. The first-order valence-corrected chi connectivity index (χ1v) is 9.33. The number of rotatable bonds is 5. The van der Waals surface area contributed by atoms with Crippen molar-refractivity contribution in [2.24, 2.45) is 5.92 Å². The Labute approximate surface area is 149 Å². The maximum Gasteiger partial charge on any atom is 0.311 e. The van der Waals surface area contributed by atoms with E-state index in [2.05, 4.69) is 52.2 Å². The molecule has 4 atom stereocenters. The number of esters is 1. The molecule has 1 aromatic rings. The van der Waals surface area contributed by atoms with Gasteiger partial charge < -0.3 is 10.1 Å². The van der Waals surface area contributed by atoms with Gasteiger partial charge in [0.05, 0.1) is 5.92 Å². The van der Waals surface area contributed by atoms with Crippen molar-refractivity contribution in [2.75, 3.05) is 13.3 Å². The summed E-state index contributed by atoms with van der Waals surface area (Å²) in [6, 6.07) is 9.01. The Bertz CT molecular complexity index is 575. The molecule has 124 valence electrons. The molecule has 2 bridgehead atoms. The van der Waals surface area contributed by atoms with Crippen molar-refractivity contribution in [3.63, 3.8) is 0 Å². The molecule has 0 aliphatic carbocycles. The van der Waals surface area contributed by atoms with Gasteiger partial charge in [0.15, 0.2) is 0 Å². The van der Waals surface area contributed by atoms with Crippen molar-refractivity contribution in [3.8, 4) is 0 Å². The standard InChI is InChI=1S/C18H21FINO2/c19-8-10-23-18(22)17-15(11-14-5-6-16(17)21-14)13-3-1-12(2-4-13)7-9-20/h1-4,7,9,14-17,21H,5-6,8,10-11H2/b9-7-/t14-,15+,16+,17-/m0/s1/i20-4. The Balaban J connectivity index is 1.83. The lowest BCUT2D eigenvalue weighted by Crippen LogP contribution is -2.48. The average molecular weight is 425 g/mol. The zero-order chi connectivity index (χ0) is 16.2. The third-order valence-electron chi connectivity index (χ3n) is 4.90. The lowest BCUT2D eigenvalue weighted by molar-refractivity contribution is -0.151. The van der Waals surface area contributed by atoms with Crippen LogP contribution in [0.2, 0.25) is 0 Å². The third-order valence-corrected chi connectivity index (χ3v) is 5.25. The zero-order valence-electron chi connectivity index (χ0n) is 12.9. The van der Waals surface area contributed by atoms with Gasteiger partial charge in [0.25, 0.3) is 0 Å². The number of fused-ring (bicyclic) bond motifs is 2. The third kappa shape index (κ3) is 3.76. The fourth-order valence-electron chi connectivity index (χ4n) is 3.89. The monoisotopic (exact) mass is 425 g/mol. The summed E-state index contributed by atoms with van der Waals surface area (Å²) in [4.78, 5) is 12.5. The van der Waals surface area contributed by atoms with Crippen LogP contribution in [-0.2, 0) is 9.53 Å². The molecule has 0 amide bonds. The molecule has 0 aromatic heterocycles. The quantitative estimate of drug-likeness (QED) is 0.576. The van der Waals surface area contributed by atoms with E-state index in [1.165, 1.54) is 5.56 Å². The van der Waals surface area contributed by atoms with Gasteiger partial charge in [-0.1, -0.05) is 46.9 Å². The van der Waals surface area contributed by atoms with Crippen molar-refractivity contribution in [2.45, 2.75) is 37.3 Å². The van der Waals surface area contributed by atoms with Gasteiger partial charge in [-0.15, -0.1) is 0 Å².